The zero-order valence-corrected chi connectivity index (χ0v) is 14.7. The Morgan fingerprint density at radius 1 is 1.16 bits per heavy atom. The average molecular weight is 351 g/mol. The molecule has 0 fully saturated rings. The normalized spacial score (nSPS) is 10.2. The molecule has 0 aliphatic heterocycles. The molecule has 0 saturated carbocycles. The predicted octanol–water partition coefficient (Wildman–Crippen LogP) is 4.82. The van der Waals surface area contributed by atoms with Gasteiger partial charge in [0, 0.05) is 29.4 Å². The molecule has 2 aromatic heterocycles. The van der Waals surface area contributed by atoms with E-state index < -0.39 is 0 Å². The Bertz CT molecular complexity index is 900. The van der Waals surface area contributed by atoms with Crippen molar-refractivity contribution in [3.05, 3.63) is 65.7 Å². The van der Waals surface area contributed by atoms with Gasteiger partial charge in [0.05, 0.1) is 5.69 Å². The van der Waals surface area contributed by atoms with E-state index in [1.54, 1.807) is 18.3 Å². The summed E-state index contributed by atoms with van der Waals surface area (Å²) in [6.45, 7) is 3.70. The minimum atomic E-state index is -0.385. The fraction of sp³-hybridized carbons (Fsp3) is 0.105. The van der Waals surface area contributed by atoms with Crippen molar-refractivity contribution in [3.8, 4) is 17.1 Å². The van der Waals surface area contributed by atoms with Crippen LogP contribution in [0.2, 0.25) is 0 Å². The number of anilines is 2. The highest BCUT2D eigenvalue weighted by atomic mass is 32.1. The predicted molar refractivity (Wildman–Crippen MR) is 100 cm³/mol. The van der Waals surface area contributed by atoms with Crippen LogP contribution in [0.3, 0.4) is 0 Å². The van der Waals surface area contributed by atoms with Crippen molar-refractivity contribution in [1.82, 2.24) is 9.97 Å². The Labute approximate surface area is 150 Å². The number of aromatic nitrogens is 2. The zero-order valence-electron chi connectivity index (χ0n) is 13.9. The lowest BCUT2D eigenvalue weighted by atomic mass is 10.3. The van der Waals surface area contributed by atoms with Gasteiger partial charge in [-0.05, 0) is 38.1 Å². The number of benzene rings is 1. The number of hydrogen-bond acceptors (Lipinski definition) is 6. The maximum atomic E-state index is 11.7. The molecule has 1 aromatic carbocycles. The molecule has 25 heavy (non-hydrogen) atoms. The third-order valence-electron chi connectivity index (χ3n) is 3.14. The number of allylic oxidation sites excluding steroid dienone is 1. The van der Waals surface area contributed by atoms with Crippen LogP contribution in [-0.2, 0) is 4.79 Å². The van der Waals surface area contributed by atoms with Crippen molar-refractivity contribution >= 4 is 28.1 Å². The number of rotatable bonds is 5. The van der Waals surface area contributed by atoms with Gasteiger partial charge in [0.15, 0.2) is 5.13 Å². The summed E-state index contributed by atoms with van der Waals surface area (Å²) in [4.78, 5) is 20.5. The highest BCUT2D eigenvalue weighted by Crippen LogP contribution is 2.27. The quantitative estimate of drug-likeness (QED) is 0.405. The van der Waals surface area contributed by atoms with Gasteiger partial charge in [0.2, 0.25) is 0 Å². The van der Waals surface area contributed by atoms with E-state index in [1.165, 1.54) is 17.4 Å². The van der Waals surface area contributed by atoms with Gasteiger partial charge in [-0.3, -0.25) is 4.98 Å². The molecule has 0 atom stereocenters. The van der Waals surface area contributed by atoms with Crippen LogP contribution in [0, 0.1) is 0 Å². The summed E-state index contributed by atoms with van der Waals surface area (Å²) in [5.41, 5.74) is 3.34. The van der Waals surface area contributed by atoms with Gasteiger partial charge in [-0.15, -0.1) is 11.3 Å². The first-order valence-corrected chi connectivity index (χ1v) is 8.59. The van der Waals surface area contributed by atoms with Crippen LogP contribution < -0.4 is 10.1 Å². The van der Waals surface area contributed by atoms with Crippen molar-refractivity contribution in [2.24, 2.45) is 0 Å². The van der Waals surface area contributed by atoms with Gasteiger partial charge >= 0.3 is 5.97 Å². The number of carbonyl (C=O) groups is 1. The molecule has 0 unspecified atom stereocenters. The summed E-state index contributed by atoms with van der Waals surface area (Å²) in [7, 11) is 0. The molecule has 1 N–H and O–H groups in total. The molecule has 6 heteroatoms. The molecule has 0 bridgehead atoms. The van der Waals surface area contributed by atoms with E-state index >= 15 is 0 Å². The number of ether oxygens (including phenoxy) is 1. The van der Waals surface area contributed by atoms with Gasteiger partial charge in [-0.25, -0.2) is 9.78 Å². The van der Waals surface area contributed by atoms with E-state index in [1.807, 2.05) is 49.6 Å². The lowest BCUT2D eigenvalue weighted by molar-refractivity contribution is -0.129. The van der Waals surface area contributed by atoms with Crippen molar-refractivity contribution in [1.29, 1.82) is 0 Å². The second-order valence-corrected chi connectivity index (χ2v) is 6.41. The maximum Gasteiger partial charge on any atom is 0.336 e. The molecular formula is C19H17N3O2S. The number of pyridine rings is 1. The van der Waals surface area contributed by atoms with E-state index in [0.717, 1.165) is 27.8 Å². The highest BCUT2D eigenvalue weighted by molar-refractivity contribution is 7.14. The van der Waals surface area contributed by atoms with Crippen LogP contribution in [-0.4, -0.2) is 15.9 Å². The lowest BCUT2D eigenvalue weighted by Gasteiger charge is -2.06. The third kappa shape index (κ3) is 4.74. The molecule has 0 aliphatic carbocycles. The number of hydrogen-bond donors (Lipinski definition) is 1. The molecular weight excluding hydrogens is 334 g/mol. The largest absolute Gasteiger partial charge is 0.423 e. The highest BCUT2D eigenvalue weighted by Gasteiger charge is 2.07. The number of nitrogens with zero attached hydrogens (tertiary/aromatic N) is 2. The SMILES string of the molecule is CC(C)=CC(=O)Oc1cccc(Nc2nc(-c3ccccn3)cs2)c1. The first-order valence-electron chi connectivity index (χ1n) is 7.71. The first kappa shape index (κ1) is 16.9. The number of esters is 1. The summed E-state index contributed by atoms with van der Waals surface area (Å²) < 4.78 is 5.30. The van der Waals surface area contributed by atoms with Crippen LogP contribution in [0.4, 0.5) is 10.8 Å². The Morgan fingerprint density at radius 2 is 2.04 bits per heavy atom. The Kier molecular flexibility index (Phi) is 5.20. The number of nitrogens with one attached hydrogen (secondary N) is 1. The van der Waals surface area contributed by atoms with Crippen LogP contribution >= 0.6 is 11.3 Å². The maximum absolute atomic E-state index is 11.7. The van der Waals surface area contributed by atoms with Gasteiger partial charge in [-0.1, -0.05) is 17.7 Å². The summed E-state index contributed by atoms with van der Waals surface area (Å²) in [6, 6.07) is 12.9. The van der Waals surface area contributed by atoms with Gasteiger partial charge < -0.3 is 10.1 Å². The number of carbonyl (C=O) groups excluding carboxylic acids is 1. The summed E-state index contributed by atoms with van der Waals surface area (Å²) in [5.74, 6) is 0.0952. The first-order chi connectivity index (χ1) is 12.1. The van der Waals surface area contributed by atoms with E-state index in [-0.39, 0.29) is 5.97 Å². The summed E-state index contributed by atoms with van der Waals surface area (Å²) in [5, 5.41) is 5.91. The van der Waals surface area contributed by atoms with E-state index in [0.29, 0.717) is 5.75 Å². The molecule has 0 amide bonds. The second-order valence-electron chi connectivity index (χ2n) is 5.55. The van der Waals surface area contributed by atoms with Crippen LogP contribution in [0.15, 0.2) is 65.7 Å². The van der Waals surface area contributed by atoms with Crippen molar-refractivity contribution in [2.75, 3.05) is 5.32 Å². The summed E-state index contributed by atoms with van der Waals surface area (Å²) >= 11 is 1.49. The molecule has 0 radical (unpaired) electrons. The fourth-order valence-electron chi connectivity index (χ4n) is 2.11. The molecule has 3 aromatic rings. The van der Waals surface area contributed by atoms with Crippen LogP contribution in [0.5, 0.6) is 5.75 Å². The molecule has 0 aliphatic rings. The molecule has 0 saturated heterocycles. The van der Waals surface area contributed by atoms with Gasteiger partial charge in [0.25, 0.3) is 0 Å². The van der Waals surface area contributed by atoms with Gasteiger partial charge in [-0.2, -0.15) is 0 Å². The van der Waals surface area contributed by atoms with E-state index in [9.17, 15) is 4.79 Å². The topological polar surface area (TPSA) is 64.1 Å². The minimum absolute atomic E-state index is 0.385. The van der Waals surface area contributed by atoms with E-state index in [4.69, 9.17) is 4.74 Å². The van der Waals surface area contributed by atoms with Crippen molar-refractivity contribution < 1.29 is 9.53 Å². The molecule has 126 valence electrons. The molecule has 2 heterocycles. The second kappa shape index (κ2) is 7.72. The van der Waals surface area contributed by atoms with Crippen molar-refractivity contribution in [3.63, 3.8) is 0 Å². The number of thiazole rings is 1. The van der Waals surface area contributed by atoms with Crippen LogP contribution in [0.1, 0.15) is 13.8 Å². The smallest absolute Gasteiger partial charge is 0.336 e. The van der Waals surface area contributed by atoms with Crippen LogP contribution in [0.25, 0.3) is 11.4 Å². The third-order valence-corrected chi connectivity index (χ3v) is 3.90. The summed E-state index contributed by atoms with van der Waals surface area (Å²) in [6.07, 6.45) is 3.20. The average Bonchev–Trinajstić information content (AvgIpc) is 3.03. The molecule has 3 rings (SSSR count). The Balaban J connectivity index is 1.71. The standard InChI is InChI=1S/C19H17N3O2S/c1-13(2)10-18(23)24-15-7-5-6-14(11-15)21-19-22-17(12-25-19)16-8-3-4-9-20-16/h3-12H,1-2H3,(H,21,22). The fourth-order valence-corrected chi connectivity index (χ4v) is 2.83. The minimum Gasteiger partial charge on any atom is -0.423 e. The van der Waals surface area contributed by atoms with Gasteiger partial charge in [0.1, 0.15) is 11.4 Å². The van der Waals surface area contributed by atoms with E-state index in [2.05, 4.69) is 15.3 Å². The van der Waals surface area contributed by atoms with Crippen molar-refractivity contribution in [2.45, 2.75) is 13.8 Å². The zero-order chi connectivity index (χ0) is 17.6. The monoisotopic (exact) mass is 351 g/mol. The lowest BCUT2D eigenvalue weighted by Crippen LogP contribution is -2.04. The Morgan fingerprint density at radius 3 is 2.80 bits per heavy atom. The molecule has 5 nitrogen and oxygen atoms in total. The molecule has 0 spiro atoms. The Hall–Kier alpha value is -2.99.